The molecular weight excluding hydrogens is 394 g/mol. The number of rotatable bonds is 5. The lowest BCUT2D eigenvalue weighted by Gasteiger charge is -2.46. The van der Waals surface area contributed by atoms with E-state index in [0.717, 1.165) is 35.0 Å². The SMILES string of the molecule is Cc1c(Br)cccc1OCC[C@@H](C)C1CCN(C(=O)O)C(C(C)(C)C)C1. The van der Waals surface area contributed by atoms with Gasteiger partial charge in [0.15, 0.2) is 0 Å². The van der Waals surface area contributed by atoms with Crippen molar-refractivity contribution in [3.05, 3.63) is 28.2 Å². The van der Waals surface area contributed by atoms with E-state index in [1.165, 1.54) is 0 Å². The van der Waals surface area contributed by atoms with Crippen LogP contribution in [0.5, 0.6) is 5.75 Å². The Labute approximate surface area is 166 Å². The van der Waals surface area contributed by atoms with E-state index in [1.807, 2.05) is 18.2 Å². The lowest BCUT2D eigenvalue weighted by molar-refractivity contribution is 0.0271. The molecule has 1 fully saturated rings. The number of hydrogen-bond acceptors (Lipinski definition) is 2. The van der Waals surface area contributed by atoms with Gasteiger partial charge >= 0.3 is 6.09 Å². The molecule has 0 aromatic heterocycles. The summed E-state index contributed by atoms with van der Waals surface area (Å²) in [6.45, 7) is 12.1. The summed E-state index contributed by atoms with van der Waals surface area (Å²) in [5.74, 6) is 1.99. The Morgan fingerprint density at radius 2 is 2.12 bits per heavy atom. The van der Waals surface area contributed by atoms with Gasteiger partial charge in [-0.3, -0.25) is 0 Å². The first-order chi connectivity index (χ1) is 12.1. The Bertz CT molecular complexity index is 626. The second-order valence-electron chi connectivity index (χ2n) is 8.62. The number of ether oxygens (including phenoxy) is 1. The van der Waals surface area contributed by atoms with Crippen LogP contribution in [0.1, 0.15) is 52.5 Å². The van der Waals surface area contributed by atoms with Crippen molar-refractivity contribution in [2.45, 2.75) is 59.9 Å². The average molecular weight is 426 g/mol. The fourth-order valence-electron chi connectivity index (χ4n) is 3.89. The molecule has 5 heteroatoms. The van der Waals surface area contributed by atoms with Crippen molar-refractivity contribution >= 4 is 22.0 Å². The molecule has 1 heterocycles. The van der Waals surface area contributed by atoms with Crippen molar-refractivity contribution < 1.29 is 14.6 Å². The molecular formula is C21H32BrNO3. The quantitative estimate of drug-likeness (QED) is 0.631. The highest BCUT2D eigenvalue weighted by molar-refractivity contribution is 9.10. The topological polar surface area (TPSA) is 49.8 Å². The number of carboxylic acid groups (broad SMARTS) is 1. The summed E-state index contributed by atoms with van der Waals surface area (Å²) in [5, 5.41) is 9.51. The van der Waals surface area contributed by atoms with Gasteiger partial charge in [0.2, 0.25) is 0 Å². The van der Waals surface area contributed by atoms with Crippen LogP contribution in [0.15, 0.2) is 22.7 Å². The molecule has 1 N–H and O–H groups in total. The summed E-state index contributed by atoms with van der Waals surface area (Å²) < 4.78 is 7.06. The second-order valence-corrected chi connectivity index (χ2v) is 9.47. The number of benzene rings is 1. The highest BCUT2D eigenvalue weighted by Gasteiger charge is 2.39. The minimum absolute atomic E-state index is 0.0410. The Kier molecular flexibility index (Phi) is 7.00. The number of carbonyl (C=O) groups is 1. The summed E-state index contributed by atoms with van der Waals surface area (Å²) in [7, 11) is 0. The molecule has 2 rings (SSSR count). The number of amides is 1. The van der Waals surface area contributed by atoms with Crippen LogP contribution in [0.25, 0.3) is 0 Å². The highest BCUT2D eigenvalue weighted by Crippen LogP contribution is 2.38. The van der Waals surface area contributed by atoms with E-state index >= 15 is 0 Å². The molecule has 1 aromatic carbocycles. The second kappa shape index (κ2) is 8.64. The lowest BCUT2D eigenvalue weighted by Crippen LogP contribution is -2.52. The van der Waals surface area contributed by atoms with E-state index in [0.29, 0.717) is 25.0 Å². The first-order valence-corrected chi connectivity index (χ1v) is 10.3. The number of likely N-dealkylation sites (tertiary alicyclic amines) is 1. The van der Waals surface area contributed by atoms with E-state index in [2.05, 4.69) is 50.5 Å². The van der Waals surface area contributed by atoms with Crippen LogP contribution in [0.2, 0.25) is 0 Å². The molecule has 0 spiro atoms. The monoisotopic (exact) mass is 425 g/mol. The highest BCUT2D eigenvalue weighted by atomic mass is 79.9. The zero-order valence-electron chi connectivity index (χ0n) is 16.6. The lowest BCUT2D eigenvalue weighted by atomic mass is 9.73. The Morgan fingerprint density at radius 1 is 1.42 bits per heavy atom. The molecule has 0 bridgehead atoms. The Hall–Kier alpha value is -1.23. The molecule has 1 aliphatic heterocycles. The van der Waals surface area contributed by atoms with Gasteiger partial charge in [0.05, 0.1) is 6.61 Å². The summed E-state index contributed by atoms with van der Waals surface area (Å²) in [6.07, 6.45) is 2.08. The van der Waals surface area contributed by atoms with Crippen LogP contribution in [-0.4, -0.2) is 35.3 Å². The largest absolute Gasteiger partial charge is 0.493 e. The van der Waals surface area contributed by atoms with Gasteiger partial charge in [-0.15, -0.1) is 0 Å². The maximum absolute atomic E-state index is 11.6. The number of hydrogen-bond donors (Lipinski definition) is 1. The van der Waals surface area contributed by atoms with Crippen molar-refractivity contribution in [1.29, 1.82) is 0 Å². The standard InChI is InChI=1S/C21H32BrNO3/c1-14(10-12-26-18-8-6-7-17(22)15(18)2)16-9-11-23(20(24)25)19(13-16)21(3,4)5/h6-8,14,16,19H,9-13H2,1-5H3,(H,24,25)/t14-,16?,19?/m1/s1. The number of piperidine rings is 1. The minimum Gasteiger partial charge on any atom is -0.493 e. The van der Waals surface area contributed by atoms with Crippen LogP contribution >= 0.6 is 15.9 Å². The first kappa shape index (κ1) is 21.1. The molecule has 4 nitrogen and oxygen atoms in total. The first-order valence-electron chi connectivity index (χ1n) is 9.48. The summed E-state index contributed by atoms with van der Waals surface area (Å²) >= 11 is 3.54. The maximum Gasteiger partial charge on any atom is 0.407 e. The van der Waals surface area contributed by atoms with Crippen LogP contribution < -0.4 is 4.74 Å². The van der Waals surface area contributed by atoms with E-state index in [1.54, 1.807) is 4.90 Å². The fraction of sp³-hybridized carbons (Fsp3) is 0.667. The van der Waals surface area contributed by atoms with Crippen molar-refractivity contribution in [2.75, 3.05) is 13.2 Å². The summed E-state index contributed by atoms with van der Waals surface area (Å²) in [6, 6.07) is 6.10. The van der Waals surface area contributed by atoms with Crippen LogP contribution in [0, 0.1) is 24.2 Å². The van der Waals surface area contributed by atoms with Crippen molar-refractivity contribution in [3.63, 3.8) is 0 Å². The third kappa shape index (κ3) is 5.15. The molecule has 3 atom stereocenters. The summed E-state index contributed by atoms with van der Waals surface area (Å²) in [4.78, 5) is 13.2. The third-order valence-electron chi connectivity index (χ3n) is 5.74. The minimum atomic E-state index is -0.788. The van der Waals surface area contributed by atoms with Gasteiger partial charge in [-0.2, -0.15) is 0 Å². The van der Waals surface area contributed by atoms with Crippen molar-refractivity contribution in [2.24, 2.45) is 17.3 Å². The van der Waals surface area contributed by atoms with E-state index < -0.39 is 6.09 Å². The van der Waals surface area contributed by atoms with Crippen molar-refractivity contribution in [3.8, 4) is 5.75 Å². The van der Waals surface area contributed by atoms with Gasteiger partial charge in [-0.1, -0.05) is 49.7 Å². The van der Waals surface area contributed by atoms with Gasteiger partial charge < -0.3 is 14.7 Å². The molecule has 1 saturated heterocycles. The molecule has 1 amide bonds. The molecule has 0 radical (unpaired) electrons. The molecule has 0 aliphatic carbocycles. The molecule has 0 saturated carbocycles. The molecule has 26 heavy (non-hydrogen) atoms. The van der Waals surface area contributed by atoms with E-state index in [-0.39, 0.29) is 11.5 Å². The van der Waals surface area contributed by atoms with E-state index in [9.17, 15) is 9.90 Å². The van der Waals surface area contributed by atoms with Crippen LogP contribution in [0.4, 0.5) is 4.79 Å². The molecule has 146 valence electrons. The van der Waals surface area contributed by atoms with Gasteiger partial charge in [0.1, 0.15) is 5.75 Å². The maximum atomic E-state index is 11.6. The fourth-order valence-corrected chi connectivity index (χ4v) is 4.24. The molecule has 1 aliphatic rings. The van der Waals surface area contributed by atoms with Crippen LogP contribution in [-0.2, 0) is 0 Å². The predicted molar refractivity (Wildman–Crippen MR) is 109 cm³/mol. The predicted octanol–water partition coefficient (Wildman–Crippen LogP) is 5.97. The van der Waals surface area contributed by atoms with Gasteiger partial charge in [0.25, 0.3) is 0 Å². The van der Waals surface area contributed by atoms with E-state index in [4.69, 9.17) is 4.74 Å². The Balaban J connectivity index is 1.92. The smallest absolute Gasteiger partial charge is 0.407 e. The third-order valence-corrected chi connectivity index (χ3v) is 6.60. The van der Waals surface area contributed by atoms with Gasteiger partial charge in [-0.05, 0) is 55.6 Å². The zero-order valence-corrected chi connectivity index (χ0v) is 18.2. The van der Waals surface area contributed by atoms with Crippen LogP contribution in [0.3, 0.4) is 0 Å². The normalized spacial score (nSPS) is 22.2. The van der Waals surface area contributed by atoms with Gasteiger partial charge in [-0.25, -0.2) is 4.79 Å². The van der Waals surface area contributed by atoms with Gasteiger partial charge in [0, 0.05) is 22.6 Å². The number of nitrogens with zero attached hydrogens (tertiary/aromatic N) is 1. The molecule has 2 unspecified atom stereocenters. The summed E-state index contributed by atoms with van der Waals surface area (Å²) in [5.41, 5.74) is 1.09. The Morgan fingerprint density at radius 3 is 2.73 bits per heavy atom. The zero-order chi connectivity index (χ0) is 19.5. The van der Waals surface area contributed by atoms with Crippen molar-refractivity contribution in [1.82, 2.24) is 4.90 Å². The molecule has 1 aromatic rings. The number of halogens is 1. The average Bonchev–Trinajstić information content (AvgIpc) is 2.57.